The second-order valence-electron chi connectivity index (χ2n) is 5.69. The van der Waals surface area contributed by atoms with Crippen molar-refractivity contribution in [3.63, 3.8) is 0 Å². The number of methoxy groups -OCH3 is 1. The lowest BCUT2D eigenvalue weighted by Crippen LogP contribution is -2.10. The van der Waals surface area contributed by atoms with Gasteiger partial charge in [0.15, 0.2) is 0 Å². The molecule has 2 aromatic carbocycles. The summed E-state index contributed by atoms with van der Waals surface area (Å²) in [6, 6.07) is 17.9. The van der Waals surface area contributed by atoms with Gasteiger partial charge in [0.2, 0.25) is 0 Å². The van der Waals surface area contributed by atoms with Crippen molar-refractivity contribution in [3.8, 4) is 5.75 Å². The minimum Gasteiger partial charge on any atom is -0.497 e. The standard InChI is InChI=1S/C21H26O2/c1-4-16(5-2)14-20(17-10-7-6-8-11-17)21(22)18-12-9-13-19(15-18)23-3/h6-15,20-22H,4-5H2,1-3H3. The van der Waals surface area contributed by atoms with Crippen LogP contribution in [0.3, 0.4) is 0 Å². The Kier molecular flexibility index (Phi) is 6.42. The van der Waals surface area contributed by atoms with Crippen molar-refractivity contribution in [2.24, 2.45) is 0 Å². The SMILES string of the molecule is CCC(=CC(c1ccccc1)C(O)c1cccc(OC)c1)CC. The van der Waals surface area contributed by atoms with E-state index >= 15 is 0 Å². The van der Waals surface area contributed by atoms with Crippen LogP contribution in [-0.2, 0) is 0 Å². The smallest absolute Gasteiger partial charge is 0.119 e. The van der Waals surface area contributed by atoms with E-state index < -0.39 is 6.10 Å². The lowest BCUT2D eigenvalue weighted by Gasteiger charge is -2.22. The summed E-state index contributed by atoms with van der Waals surface area (Å²) >= 11 is 0. The molecule has 122 valence electrons. The number of aliphatic hydroxyl groups is 1. The first-order valence-electron chi connectivity index (χ1n) is 8.26. The number of ether oxygens (including phenoxy) is 1. The average Bonchev–Trinajstić information content (AvgIpc) is 2.63. The van der Waals surface area contributed by atoms with Crippen LogP contribution < -0.4 is 4.74 Å². The van der Waals surface area contributed by atoms with Crippen molar-refractivity contribution >= 4 is 0 Å². The summed E-state index contributed by atoms with van der Waals surface area (Å²) in [7, 11) is 1.65. The number of rotatable bonds is 7. The van der Waals surface area contributed by atoms with E-state index in [1.54, 1.807) is 7.11 Å². The molecule has 2 nitrogen and oxygen atoms in total. The zero-order valence-electron chi connectivity index (χ0n) is 14.2. The third-order valence-corrected chi connectivity index (χ3v) is 4.28. The van der Waals surface area contributed by atoms with Gasteiger partial charge in [0.05, 0.1) is 13.2 Å². The lowest BCUT2D eigenvalue weighted by atomic mass is 9.86. The van der Waals surface area contributed by atoms with Crippen LogP contribution in [0.1, 0.15) is 49.8 Å². The molecule has 0 heterocycles. The topological polar surface area (TPSA) is 29.5 Å². The summed E-state index contributed by atoms with van der Waals surface area (Å²) in [6.45, 7) is 4.32. The minimum atomic E-state index is -0.597. The summed E-state index contributed by atoms with van der Waals surface area (Å²) in [5, 5.41) is 11.0. The molecule has 1 N–H and O–H groups in total. The molecule has 0 saturated heterocycles. The first-order valence-corrected chi connectivity index (χ1v) is 8.26. The molecule has 0 aliphatic heterocycles. The Bertz CT molecular complexity index is 625. The molecule has 2 aromatic rings. The predicted octanol–water partition coefficient (Wildman–Crippen LogP) is 5.26. The maximum atomic E-state index is 11.0. The Morgan fingerprint density at radius 3 is 2.26 bits per heavy atom. The van der Waals surface area contributed by atoms with Crippen molar-refractivity contribution in [1.29, 1.82) is 0 Å². The molecule has 0 radical (unpaired) electrons. The van der Waals surface area contributed by atoms with Crippen LogP contribution in [0.2, 0.25) is 0 Å². The second kappa shape index (κ2) is 8.54. The van der Waals surface area contributed by atoms with Crippen molar-refractivity contribution in [3.05, 3.63) is 77.4 Å². The van der Waals surface area contributed by atoms with E-state index in [9.17, 15) is 5.11 Å². The Balaban J connectivity index is 2.41. The normalized spacial score (nSPS) is 13.2. The van der Waals surface area contributed by atoms with Gasteiger partial charge in [-0.15, -0.1) is 0 Å². The molecule has 2 rings (SSSR count). The van der Waals surface area contributed by atoms with Crippen molar-refractivity contribution < 1.29 is 9.84 Å². The van der Waals surface area contributed by atoms with Gasteiger partial charge < -0.3 is 9.84 Å². The Morgan fingerprint density at radius 1 is 1.00 bits per heavy atom. The van der Waals surface area contributed by atoms with E-state index in [1.807, 2.05) is 42.5 Å². The van der Waals surface area contributed by atoms with Crippen LogP contribution in [0.4, 0.5) is 0 Å². The summed E-state index contributed by atoms with van der Waals surface area (Å²) < 4.78 is 5.29. The van der Waals surface area contributed by atoms with E-state index in [4.69, 9.17) is 4.74 Å². The Morgan fingerprint density at radius 2 is 1.65 bits per heavy atom. The zero-order chi connectivity index (χ0) is 16.7. The fourth-order valence-corrected chi connectivity index (χ4v) is 2.82. The highest BCUT2D eigenvalue weighted by atomic mass is 16.5. The Hall–Kier alpha value is -2.06. The number of benzene rings is 2. The van der Waals surface area contributed by atoms with Crippen molar-refractivity contribution in [1.82, 2.24) is 0 Å². The van der Waals surface area contributed by atoms with Gasteiger partial charge >= 0.3 is 0 Å². The third kappa shape index (κ3) is 4.46. The van der Waals surface area contributed by atoms with Crippen LogP contribution in [0.5, 0.6) is 5.75 Å². The Labute approximate surface area is 139 Å². The lowest BCUT2D eigenvalue weighted by molar-refractivity contribution is 0.161. The maximum Gasteiger partial charge on any atom is 0.119 e. The average molecular weight is 310 g/mol. The molecule has 0 aliphatic carbocycles. The molecular weight excluding hydrogens is 284 g/mol. The van der Waals surface area contributed by atoms with Crippen LogP contribution >= 0.6 is 0 Å². The molecular formula is C21H26O2. The molecule has 23 heavy (non-hydrogen) atoms. The highest BCUT2D eigenvalue weighted by Crippen LogP contribution is 2.35. The van der Waals surface area contributed by atoms with E-state index in [1.165, 1.54) is 5.57 Å². The molecule has 0 aliphatic rings. The second-order valence-corrected chi connectivity index (χ2v) is 5.69. The fraction of sp³-hybridized carbons (Fsp3) is 0.333. The molecule has 0 aromatic heterocycles. The molecule has 0 spiro atoms. The van der Waals surface area contributed by atoms with Gasteiger partial charge in [0, 0.05) is 5.92 Å². The fourth-order valence-electron chi connectivity index (χ4n) is 2.82. The molecule has 2 heteroatoms. The predicted molar refractivity (Wildman–Crippen MR) is 95.8 cm³/mol. The first-order chi connectivity index (χ1) is 11.2. The number of hydrogen-bond acceptors (Lipinski definition) is 2. The van der Waals surface area contributed by atoms with E-state index in [0.29, 0.717) is 0 Å². The van der Waals surface area contributed by atoms with Gasteiger partial charge in [-0.2, -0.15) is 0 Å². The molecule has 2 unspecified atom stereocenters. The van der Waals surface area contributed by atoms with Crippen LogP contribution in [0, 0.1) is 0 Å². The molecule has 0 amide bonds. The number of hydrogen-bond donors (Lipinski definition) is 1. The van der Waals surface area contributed by atoms with Crippen LogP contribution in [0.25, 0.3) is 0 Å². The maximum absolute atomic E-state index is 11.0. The van der Waals surface area contributed by atoms with Gasteiger partial charge in [-0.25, -0.2) is 0 Å². The van der Waals surface area contributed by atoms with Gasteiger partial charge in [0.1, 0.15) is 5.75 Å². The van der Waals surface area contributed by atoms with Gasteiger partial charge in [-0.1, -0.05) is 68.0 Å². The zero-order valence-corrected chi connectivity index (χ0v) is 14.2. The van der Waals surface area contributed by atoms with Gasteiger partial charge in [0.25, 0.3) is 0 Å². The highest BCUT2D eigenvalue weighted by molar-refractivity contribution is 5.35. The van der Waals surface area contributed by atoms with E-state index in [0.717, 1.165) is 29.7 Å². The molecule has 0 saturated carbocycles. The van der Waals surface area contributed by atoms with Gasteiger partial charge in [-0.3, -0.25) is 0 Å². The minimum absolute atomic E-state index is 0.0572. The number of aliphatic hydroxyl groups excluding tert-OH is 1. The molecule has 0 bridgehead atoms. The van der Waals surface area contributed by atoms with Crippen molar-refractivity contribution in [2.45, 2.75) is 38.7 Å². The molecule has 2 atom stereocenters. The van der Waals surface area contributed by atoms with Crippen LogP contribution in [-0.4, -0.2) is 12.2 Å². The first kappa shape index (κ1) is 17.3. The number of allylic oxidation sites excluding steroid dienone is 1. The van der Waals surface area contributed by atoms with E-state index in [2.05, 4.69) is 32.1 Å². The summed E-state index contributed by atoms with van der Waals surface area (Å²) in [5.41, 5.74) is 3.36. The van der Waals surface area contributed by atoms with Crippen molar-refractivity contribution in [2.75, 3.05) is 7.11 Å². The highest BCUT2D eigenvalue weighted by Gasteiger charge is 2.21. The van der Waals surface area contributed by atoms with E-state index in [-0.39, 0.29) is 5.92 Å². The summed E-state index contributed by atoms with van der Waals surface area (Å²) in [6.07, 6.45) is 3.63. The summed E-state index contributed by atoms with van der Waals surface area (Å²) in [4.78, 5) is 0. The van der Waals surface area contributed by atoms with Gasteiger partial charge in [-0.05, 0) is 36.1 Å². The monoisotopic (exact) mass is 310 g/mol. The third-order valence-electron chi connectivity index (χ3n) is 4.28. The van der Waals surface area contributed by atoms with Crippen LogP contribution in [0.15, 0.2) is 66.2 Å². The quantitative estimate of drug-likeness (QED) is 0.707. The molecule has 0 fully saturated rings. The summed E-state index contributed by atoms with van der Waals surface area (Å²) in [5.74, 6) is 0.710. The largest absolute Gasteiger partial charge is 0.497 e.